The highest BCUT2D eigenvalue weighted by Crippen LogP contribution is 2.64. The Morgan fingerprint density at radius 1 is 1.55 bits per heavy atom. The fourth-order valence-corrected chi connectivity index (χ4v) is 4.25. The Kier molecular flexibility index (Phi) is 1.50. The fourth-order valence-electron chi connectivity index (χ4n) is 2.71. The molecule has 0 heterocycles. The van der Waals surface area contributed by atoms with Crippen molar-refractivity contribution in [3.8, 4) is 0 Å². The highest BCUT2D eigenvalue weighted by molar-refractivity contribution is 14.1. The zero-order valence-electron chi connectivity index (χ0n) is 7.28. The van der Waals surface area contributed by atoms with Gasteiger partial charge in [-0.1, -0.05) is 48.6 Å². The van der Waals surface area contributed by atoms with E-state index in [4.69, 9.17) is 0 Å². The highest BCUT2D eigenvalue weighted by atomic mass is 127. The molecule has 0 saturated heterocycles. The van der Waals surface area contributed by atoms with Gasteiger partial charge in [0.15, 0.2) is 0 Å². The summed E-state index contributed by atoms with van der Waals surface area (Å²) in [7, 11) is 0. The Hall–Kier alpha value is 0.470. The van der Waals surface area contributed by atoms with Gasteiger partial charge in [-0.25, -0.2) is 0 Å². The molecular formula is C10H15I. The second kappa shape index (κ2) is 2.04. The molecule has 0 amide bonds. The van der Waals surface area contributed by atoms with Gasteiger partial charge in [-0.3, -0.25) is 0 Å². The minimum atomic E-state index is 0.430. The van der Waals surface area contributed by atoms with Gasteiger partial charge in [0.25, 0.3) is 0 Å². The lowest BCUT2D eigenvalue weighted by molar-refractivity contribution is 0.291. The summed E-state index contributed by atoms with van der Waals surface area (Å²) < 4.78 is 0.478. The van der Waals surface area contributed by atoms with Gasteiger partial charge in [-0.2, -0.15) is 0 Å². The summed E-state index contributed by atoms with van der Waals surface area (Å²) in [5.74, 6) is 0.923. The maximum Gasteiger partial charge on any atom is 0.0436 e. The zero-order valence-corrected chi connectivity index (χ0v) is 9.44. The first-order valence-electron chi connectivity index (χ1n) is 4.35. The summed E-state index contributed by atoms with van der Waals surface area (Å²) in [6, 6.07) is 0. The molecule has 0 aromatic rings. The molecule has 0 N–H and O–H groups in total. The van der Waals surface area contributed by atoms with Gasteiger partial charge in [0, 0.05) is 3.42 Å². The lowest BCUT2D eigenvalue weighted by atomic mass is 9.73. The molecule has 11 heavy (non-hydrogen) atoms. The van der Waals surface area contributed by atoms with Crippen molar-refractivity contribution >= 4 is 22.6 Å². The van der Waals surface area contributed by atoms with Crippen LogP contribution in [0.15, 0.2) is 12.2 Å². The predicted octanol–water partition coefficient (Wildman–Crippen LogP) is 3.56. The van der Waals surface area contributed by atoms with Gasteiger partial charge in [0.05, 0.1) is 0 Å². The molecule has 0 nitrogen and oxygen atoms in total. The van der Waals surface area contributed by atoms with Crippen LogP contribution in [0.4, 0.5) is 0 Å². The van der Waals surface area contributed by atoms with Crippen LogP contribution in [-0.4, -0.2) is 3.42 Å². The minimum absolute atomic E-state index is 0.430. The maximum atomic E-state index is 4.25. The Balaban J connectivity index is 2.42. The van der Waals surface area contributed by atoms with Crippen molar-refractivity contribution in [2.45, 2.75) is 36.5 Å². The summed E-state index contributed by atoms with van der Waals surface area (Å²) in [5.41, 5.74) is 1.93. The van der Waals surface area contributed by atoms with Gasteiger partial charge < -0.3 is 0 Å². The van der Waals surface area contributed by atoms with Crippen LogP contribution in [0.3, 0.4) is 0 Å². The quantitative estimate of drug-likeness (QED) is 0.356. The van der Waals surface area contributed by atoms with Gasteiger partial charge in [0.1, 0.15) is 0 Å². The molecule has 2 unspecified atom stereocenters. The van der Waals surface area contributed by atoms with E-state index in [9.17, 15) is 0 Å². The van der Waals surface area contributed by atoms with E-state index in [1.165, 1.54) is 24.8 Å². The molecule has 2 fully saturated rings. The third kappa shape index (κ3) is 0.865. The van der Waals surface area contributed by atoms with Gasteiger partial charge >= 0.3 is 0 Å². The summed E-state index contributed by atoms with van der Waals surface area (Å²) in [6.07, 6.45) is 4.19. The molecule has 0 aromatic heterocycles. The topological polar surface area (TPSA) is 0 Å². The summed E-state index contributed by atoms with van der Waals surface area (Å²) >= 11 is 2.62. The van der Waals surface area contributed by atoms with E-state index in [2.05, 4.69) is 43.0 Å². The molecule has 2 aliphatic rings. The predicted molar refractivity (Wildman–Crippen MR) is 57.0 cm³/mol. The van der Waals surface area contributed by atoms with Crippen LogP contribution in [-0.2, 0) is 0 Å². The standard InChI is InChI=1S/C10H15I/c1-7-9(2,3)8-4-5-10(7,11)6-8/h8H,1,4-6H2,2-3H3. The van der Waals surface area contributed by atoms with Crippen molar-refractivity contribution in [2.75, 3.05) is 0 Å². The van der Waals surface area contributed by atoms with E-state index >= 15 is 0 Å². The van der Waals surface area contributed by atoms with Crippen LogP contribution >= 0.6 is 22.6 Å². The molecule has 0 spiro atoms. The number of rotatable bonds is 0. The summed E-state index contributed by atoms with van der Waals surface area (Å²) in [4.78, 5) is 0. The third-order valence-electron chi connectivity index (χ3n) is 3.80. The lowest BCUT2D eigenvalue weighted by Crippen LogP contribution is -2.27. The number of hydrogen-bond donors (Lipinski definition) is 0. The van der Waals surface area contributed by atoms with Crippen molar-refractivity contribution in [3.63, 3.8) is 0 Å². The molecule has 2 atom stereocenters. The first-order valence-corrected chi connectivity index (χ1v) is 5.43. The summed E-state index contributed by atoms with van der Waals surface area (Å²) in [5, 5.41) is 0. The highest BCUT2D eigenvalue weighted by Gasteiger charge is 2.55. The number of halogens is 1. The molecule has 0 aliphatic heterocycles. The number of alkyl halides is 1. The van der Waals surface area contributed by atoms with Gasteiger partial charge in [0.2, 0.25) is 0 Å². The van der Waals surface area contributed by atoms with Crippen LogP contribution in [0.1, 0.15) is 33.1 Å². The average molecular weight is 262 g/mol. The average Bonchev–Trinajstić information content (AvgIpc) is 2.36. The normalized spacial score (nSPS) is 46.8. The van der Waals surface area contributed by atoms with E-state index in [0.29, 0.717) is 8.84 Å². The summed E-state index contributed by atoms with van der Waals surface area (Å²) in [6.45, 7) is 8.98. The molecule has 0 aromatic carbocycles. The molecular weight excluding hydrogens is 247 g/mol. The van der Waals surface area contributed by atoms with Crippen molar-refractivity contribution in [2.24, 2.45) is 11.3 Å². The maximum absolute atomic E-state index is 4.25. The van der Waals surface area contributed by atoms with Crippen molar-refractivity contribution in [3.05, 3.63) is 12.2 Å². The molecule has 2 saturated carbocycles. The Labute approximate surface area is 82.6 Å². The molecule has 1 heteroatoms. The molecule has 2 rings (SSSR count). The van der Waals surface area contributed by atoms with Gasteiger partial charge in [-0.05, 0) is 30.6 Å². The van der Waals surface area contributed by atoms with E-state index in [-0.39, 0.29) is 0 Å². The SMILES string of the molecule is C=C1C2(I)CCC(C2)C1(C)C. The van der Waals surface area contributed by atoms with Crippen LogP contribution in [0.25, 0.3) is 0 Å². The van der Waals surface area contributed by atoms with Gasteiger partial charge in [-0.15, -0.1) is 0 Å². The van der Waals surface area contributed by atoms with E-state index in [0.717, 1.165) is 5.92 Å². The van der Waals surface area contributed by atoms with Crippen molar-refractivity contribution < 1.29 is 0 Å². The first kappa shape index (κ1) is 8.09. The first-order chi connectivity index (χ1) is 4.97. The second-order valence-corrected chi connectivity index (χ2v) is 6.67. The number of hydrogen-bond acceptors (Lipinski definition) is 0. The second-order valence-electron chi connectivity index (χ2n) is 4.61. The van der Waals surface area contributed by atoms with Crippen molar-refractivity contribution in [1.82, 2.24) is 0 Å². The monoisotopic (exact) mass is 262 g/mol. The van der Waals surface area contributed by atoms with Crippen LogP contribution in [0.5, 0.6) is 0 Å². The van der Waals surface area contributed by atoms with E-state index in [1.54, 1.807) is 0 Å². The Morgan fingerprint density at radius 3 is 2.45 bits per heavy atom. The molecule has 2 aliphatic carbocycles. The zero-order chi connectivity index (χ0) is 8.28. The minimum Gasteiger partial charge on any atom is -0.0980 e. The fraction of sp³-hybridized carbons (Fsp3) is 0.800. The van der Waals surface area contributed by atoms with Crippen molar-refractivity contribution in [1.29, 1.82) is 0 Å². The molecule has 62 valence electrons. The van der Waals surface area contributed by atoms with Crippen LogP contribution in [0, 0.1) is 11.3 Å². The Morgan fingerprint density at radius 2 is 2.18 bits per heavy atom. The Bertz CT molecular complexity index is 210. The molecule has 0 radical (unpaired) electrons. The lowest BCUT2D eigenvalue weighted by Gasteiger charge is -2.35. The van der Waals surface area contributed by atoms with E-state index < -0.39 is 0 Å². The van der Waals surface area contributed by atoms with E-state index in [1.807, 2.05) is 0 Å². The number of allylic oxidation sites excluding steroid dienone is 1. The number of fused-ring (bicyclic) bond motifs is 2. The molecule has 2 bridgehead atoms. The van der Waals surface area contributed by atoms with Crippen LogP contribution in [0.2, 0.25) is 0 Å². The van der Waals surface area contributed by atoms with Crippen LogP contribution < -0.4 is 0 Å². The third-order valence-corrected chi connectivity index (χ3v) is 5.43. The smallest absolute Gasteiger partial charge is 0.0436 e. The largest absolute Gasteiger partial charge is 0.0980 e.